The molecular formula is C22H22FN7OS. The standard InChI is InChI=1S/C22H22FN7OS/c1-14-11-15(2)30(28-14)17-8-6-7-16(12-17)25-22-24-13-18(23)21(27-22)26-19-9-4-5-10-20(19)29-32(3)31/h4-13,29H,1-3H3,(H2,24,25,26,27). The summed E-state index contributed by atoms with van der Waals surface area (Å²) in [6, 6.07) is 16.7. The first-order valence-corrected chi connectivity index (χ1v) is 11.3. The lowest BCUT2D eigenvalue weighted by Gasteiger charge is -2.13. The van der Waals surface area contributed by atoms with Gasteiger partial charge in [-0.3, -0.25) is 0 Å². The summed E-state index contributed by atoms with van der Waals surface area (Å²) in [4.78, 5) is 8.32. The van der Waals surface area contributed by atoms with Crippen LogP contribution in [-0.4, -0.2) is 30.2 Å². The summed E-state index contributed by atoms with van der Waals surface area (Å²) in [5.74, 6) is -0.392. The van der Waals surface area contributed by atoms with E-state index in [2.05, 4.69) is 30.4 Å². The first-order chi connectivity index (χ1) is 15.4. The molecule has 2 aromatic heterocycles. The number of aromatic nitrogens is 4. The Morgan fingerprint density at radius 2 is 1.78 bits per heavy atom. The molecule has 0 amide bonds. The Bertz CT molecular complexity index is 1290. The second-order valence-corrected chi connectivity index (χ2v) is 8.24. The van der Waals surface area contributed by atoms with Gasteiger partial charge in [0.2, 0.25) is 5.95 Å². The maximum absolute atomic E-state index is 14.4. The van der Waals surface area contributed by atoms with Crippen molar-refractivity contribution >= 4 is 39.8 Å². The number of hydrogen-bond donors (Lipinski definition) is 3. The summed E-state index contributed by atoms with van der Waals surface area (Å²) in [5, 5.41) is 10.5. The Morgan fingerprint density at radius 3 is 2.50 bits per heavy atom. The van der Waals surface area contributed by atoms with Crippen molar-refractivity contribution in [3.05, 3.63) is 78.0 Å². The maximum Gasteiger partial charge on any atom is 0.229 e. The molecule has 0 fully saturated rings. The average Bonchev–Trinajstić information content (AvgIpc) is 3.10. The van der Waals surface area contributed by atoms with Crippen LogP contribution in [-0.2, 0) is 11.0 Å². The molecule has 0 aliphatic rings. The smallest absolute Gasteiger partial charge is 0.229 e. The van der Waals surface area contributed by atoms with Crippen LogP contribution in [0.2, 0.25) is 0 Å². The number of aryl methyl sites for hydroxylation is 2. The second kappa shape index (κ2) is 9.15. The predicted molar refractivity (Wildman–Crippen MR) is 126 cm³/mol. The molecule has 0 spiro atoms. The number of nitrogens with zero attached hydrogens (tertiary/aromatic N) is 4. The van der Waals surface area contributed by atoms with Gasteiger partial charge in [-0.05, 0) is 50.2 Å². The number of rotatable bonds is 7. The highest BCUT2D eigenvalue weighted by atomic mass is 32.2. The van der Waals surface area contributed by atoms with Gasteiger partial charge < -0.3 is 15.4 Å². The highest BCUT2D eigenvalue weighted by molar-refractivity contribution is 7.85. The first kappa shape index (κ1) is 21.4. The lowest BCUT2D eigenvalue weighted by atomic mass is 10.2. The predicted octanol–water partition coefficient (Wildman–Crippen LogP) is 4.61. The summed E-state index contributed by atoms with van der Waals surface area (Å²) in [6.07, 6.45) is 2.61. The molecule has 0 saturated heterocycles. The molecule has 4 aromatic rings. The Hall–Kier alpha value is -3.79. The molecule has 0 aliphatic carbocycles. The van der Waals surface area contributed by atoms with Crippen molar-refractivity contribution in [1.82, 2.24) is 19.7 Å². The van der Waals surface area contributed by atoms with Crippen LogP contribution in [0.3, 0.4) is 0 Å². The Labute approximate surface area is 187 Å². The topological polar surface area (TPSA) is 96.8 Å². The number of benzene rings is 2. The van der Waals surface area contributed by atoms with Gasteiger partial charge in [0, 0.05) is 17.6 Å². The third kappa shape index (κ3) is 4.92. The van der Waals surface area contributed by atoms with Crippen LogP contribution < -0.4 is 15.4 Å². The van der Waals surface area contributed by atoms with Crippen molar-refractivity contribution in [1.29, 1.82) is 0 Å². The molecule has 2 heterocycles. The minimum Gasteiger partial charge on any atom is -0.336 e. The van der Waals surface area contributed by atoms with E-state index in [-0.39, 0.29) is 11.8 Å². The Kier molecular flexibility index (Phi) is 6.13. The summed E-state index contributed by atoms with van der Waals surface area (Å²) in [6.45, 7) is 3.93. The van der Waals surface area contributed by atoms with Crippen LogP contribution in [0.5, 0.6) is 0 Å². The zero-order valence-corrected chi connectivity index (χ0v) is 18.6. The summed E-state index contributed by atoms with van der Waals surface area (Å²) in [7, 11) is -1.28. The van der Waals surface area contributed by atoms with E-state index >= 15 is 0 Å². The maximum atomic E-state index is 14.4. The number of halogens is 1. The normalized spacial score (nSPS) is 11.8. The number of anilines is 5. The van der Waals surface area contributed by atoms with Gasteiger partial charge in [0.15, 0.2) is 11.6 Å². The van der Waals surface area contributed by atoms with E-state index in [9.17, 15) is 8.60 Å². The van der Waals surface area contributed by atoms with E-state index in [1.165, 1.54) is 6.26 Å². The van der Waals surface area contributed by atoms with Crippen LogP contribution in [0.15, 0.2) is 60.8 Å². The molecule has 0 saturated carbocycles. The molecule has 164 valence electrons. The second-order valence-electron chi connectivity index (χ2n) is 7.13. The molecule has 0 bridgehead atoms. The fourth-order valence-corrected chi connectivity index (χ4v) is 3.70. The van der Waals surface area contributed by atoms with Crippen molar-refractivity contribution < 1.29 is 8.60 Å². The van der Waals surface area contributed by atoms with Gasteiger partial charge in [0.25, 0.3) is 0 Å². The summed E-state index contributed by atoms with van der Waals surface area (Å²) in [5.41, 5.74) is 4.67. The van der Waals surface area contributed by atoms with Gasteiger partial charge in [0.05, 0.1) is 29.0 Å². The van der Waals surface area contributed by atoms with Gasteiger partial charge in [-0.25, -0.2) is 18.3 Å². The van der Waals surface area contributed by atoms with Crippen LogP contribution in [0.4, 0.5) is 33.2 Å². The molecule has 1 unspecified atom stereocenters. The van der Waals surface area contributed by atoms with Gasteiger partial charge in [0.1, 0.15) is 11.0 Å². The van der Waals surface area contributed by atoms with E-state index in [4.69, 9.17) is 0 Å². The van der Waals surface area contributed by atoms with E-state index in [0.717, 1.165) is 29.0 Å². The number of hydrogen-bond acceptors (Lipinski definition) is 6. The van der Waals surface area contributed by atoms with E-state index in [1.807, 2.05) is 48.9 Å². The SMILES string of the molecule is Cc1cc(C)n(-c2cccc(Nc3ncc(F)c(Nc4ccccc4NS(C)=O)n3)c2)n1. The summed E-state index contributed by atoms with van der Waals surface area (Å²) >= 11 is 0. The third-order valence-corrected chi connectivity index (χ3v) is 5.04. The molecular weight excluding hydrogens is 429 g/mol. The minimum absolute atomic E-state index is 0.00617. The molecule has 4 rings (SSSR count). The van der Waals surface area contributed by atoms with Crippen LogP contribution in [0, 0.1) is 19.7 Å². The molecule has 1 atom stereocenters. The Balaban J connectivity index is 1.59. The molecule has 0 radical (unpaired) electrons. The van der Waals surface area contributed by atoms with Crippen LogP contribution in [0.25, 0.3) is 5.69 Å². The van der Waals surface area contributed by atoms with Gasteiger partial charge in [-0.15, -0.1) is 0 Å². The van der Waals surface area contributed by atoms with Gasteiger partial charge >= 0.3 is 0 Å². The monoisotopic (exact) mass is 451 g/mol. The van der Waals surface area contributed by atoms with Crippen molar-refractivity contribution in [2.45, 2.75) is 13.8 Å². The minimum atomic E-state index is -1.28. The third-order valence-electron chi connectivity index (χ3n) is 4.53. The fourth-order valence-electron chi connectivity index (χ4n) is 3.21. The van der Waals surface area contributed by atoms with Crippen LogP contribution in [0.1, 0.15) is 11.4 Å². The lowest BCUT2D eigenvalue weighted by molar-refractivity contribution is 0.619. The van der Waals surface area contributed by atoms with Crippen molar-refractivity contribution in [2.75, 3.05) is 21.6 Å². The van der Waals surface area contributed by atoms with E-state index in [1.54, 1.807) is 24.3 Å². The number of nitrogens with one attached hydrogen (secondary N) is 3. The highest BCUT2D eigenvalue weighted by Gasteiger charge is 2.11. The lowest BCUT2D eigenvalue weighted by Crippen LogP contribution is -2.07. The van der Waals surface area contributed by atoms with Crippen molar-refractivity contribution in [2.24, 2.45) is 0 Å². The van der Waals surface area contributed by atoms with Gasteiger partial charge in [-0.2, -0.15) is 10.1 Å². The van der Waals surface area contributed by atoms with Gasteiger partial charge in [-0.1, -0.05) is 18.2 Å². The zero-order chi connectivity index (χ0) is 22.7. The average molecular weight is 452 g/mol. The molecule has 8 nitrogen and oxygen atoms in total. The largest absolute Gasteiger partial charge is 0.336 e. The molecule has 3 N–H and O–H groups in total. The van der Waals surface area contributed by atoms with Crippen molar-refractivity contribution in [3.63, 3.8) is 0 Å². The Morgan fingerprint density at radius 1 is 1.00 bits per heavy atom. The van der Waals surface area contributed by atoms with Crippen molar-refractivity contribution in [3.8, 4) is 5.69 Å². The summed E-state index contributed by atoms with van der Waals surface area (Å²) < 4.78 is 30.6. The first-order valence-electron chi connectivity index (χ1n) is 9.78. The molecule has 0 aliphatic heterocycles. The van der Waals surface area contributed by atoms with E-state index in [0.29, 0.717) is 11.4 Å². The fraction of sp³-hybridized carbons (Fsp3) is 0.136. The molecule has 10 heteroatoms. The highest BCUT2D eigenvalue weighted by Crippen LogP contribution is 2.27. The van der Waals surface area contributed by atoms with E-state index < -0.39 is 16.8 Å². The quantitative estimate of drug-likeness (QED) is 0.380. The van der Waals surface area contributed by atoms with Crippen LogP contribution >= 0.6 is 0 Å². The molecule has 2 aromatic carbocycles. The molecule has 32 heavy (non-hydrogen) atoms. The number of para-hydroxylation sites is 2. The zero-order valence-electron chi connectivity index (χ0n) is 17.8.